The van der Waals surface area contributed by atoms with Crippen LogP contribution in [0.1, 0.15) is 74.4 Å². The Kier molecular flexibility index (Phi) is 5.14. The highest BCUT2D eigenvalue weighted by Gasteiger charge is 2.30. The molecule has 0 radical (unpaired) electrons. The molecule has 2 atom stereocenters. The summed E-state index contributed by atoms with van der Waals surface area (Å²) in [4.78, 5) is 4.59. The Bertz CT molecular complexity index is 946. The zero-order chi connectivity index (χ0) is 19.6. The molecule has 1 N–H and O–H groups in total. The lowest BCUT2D eigenvalue weighted by Crippen LogP contribution is -2.34. The standard InChI is InChI=1S/C22H28N6O/c1-2-15-10-17(21-26-22(29-27-21)16-6-7-16)8-9-18(15)12-23-19-4-3-5-20(11-19)28-13-24-25-14-28/h8-10,13-14,16,19-20,23H,2-7,11-12H2,1H3/t19-,20+/m0/s1. The molecular weight excluding hydrogens is 364 g/mol. The second-order valence-electron chi connectivity index (χ2n) is 8.37. The van der Waals surface area contributed by atoms with Crippen LogP contribution in [0.5, 0.6) is 0 Å². The lowest BCUT2D eigenvalue weighted by atomic mass is 9.90. The molecule has 3 aromatic rings. The summed E-state index contributed by atoms with van der Waals surface area (Å²) in [7, 11) is 0. The van der Waals surface area contributed by atoms with Gasteiger partial charge in [-0.15, -0.1) is 10.2 Å². The van der Waals surface area contributed by atoms with Crippen LogP contribution in [0.3, 0.4) is 0 Å². The number of benzene rings is 1. The Morgan fingerprint density at radius 1 is 1.10 bits per heavy atom. The van der Waals surface area contributed by atoms with Crippen molar-refractivity contribution < 1.29 is 4.52 Å². The van der Waals surface area contributed by atoms with Crippen molar-refractivity contribution in [1.82, 2.24) is 30.2 Å². The van der Waals surface area contributed by atoms with E-state index in [0.717, 1.165) is 30.8 Å². The molecule has 0 amide bonds. The van der Waals surface area contributed by atoms with Crippen LogP contribution in [0, 0.1) is 0 Å². The van der Waals surface area contributed by atoms with Gasteiger partial charge in [0.2, 0.25) is 11.7 Å². The van der Waals surface area contributed by atoms with Crippen molar-refractivity contribution in [2.45, 2.75) is 76.4 Å². The number of aromatic nitrogens is 5. The maximum Gasteiger partial charge on any atom is 0.230 e. The first-order valence-electron chi connectivity index (χ1n) is 10.8. The first-order valence-corrected chi connectivity index (χ1v) is 10.8. The van der Waals surface area contributed by atoms with Gasteiger partial charge >= 0.3 is 0 Å². The van der Waals surface area contributed by atoms with Crippen LogP contribution in [-0.4, -0.2) is 30.9 Å². The van der Waals surface area contributed by atoms with E-state index in [1.165, 1.54) is 43.2 Å². The topological polar surface area (TPSA) is 81.7 Å². The smallest absolute Gasteiger partial charge is 0.230 e. The summed E-state index contributed by atoms with van der Waals surface area (Å²) >= 11 is 0. The molecule has 29 heavy (non-hydrogen) atoms. The summed E-state index contributed by atoms with van der Waals surface area (Å²) < 4.78 is 7.58. The van der Waals surface area contributed by atoms with E-state index in [9.17, 15) is 0 Å². The maximum absolute atomic E-state index is 5.43. The number of hydrogen-bond acceptors (Lipinski definition) is 6. The molecule has 152 valence electrons. The minimum absolute atomic E-state index is 0.489. The molecule has 2 heterocycles. The Morgan fingerprint density at radius 2 is 1.97 bits per heavy atom. The normalized spacial score (nSPS) is 22.1. The molecular formula is C22H28N6O. The molecule has 7 nitrogen and oxygen atoms in total. The van der Waals surface area contributed by atoms with E-state index in [2.05, 4.69) is 55.3 Å². The zero-order valence-corrected chi connectivity index (χ0v) is 16.9. The van der Waals surface area contributed by atoms with Gasteiger partial charge in [-0.3, -0.25) is 0 Å². The molecule has 2 aliphatic carbocycles. The number of hydrogen-bond donors (Lipinski definition) is 1. The average Bonchev–Trinajstić information content (AvgIpc) is 3.26. The van der Waals surface area contributed by atoms with Crippen molar-refractivity contribution in [1.29, 1.82) is 0 Å². The van der Waals surface area contributed by atoms with Crippen LogP contribution < -0.4 is 5.32 Å². The molecule has 2 fully saturated rings. The molecule has 0 spiro atoms. The molecule has 0 aliphatic heterocycles. The molecule has 2 aromatic heterocycles. The van der Waals surface area contributed by atoms with Crippen LogP contribution in [0.25, 0.3) is 11.4 Å². The third-order valence-electron chi connectivity index (χ3n) is 6.30. The van der Waals surface area contributed by atoms with E-state index in [1.54, 1.807) is 0 Å². The molecule has 2 saturated carbocycles. The van der Waals surface area contributed by atoms with Gasteiger partial charge < -0.3 is 14.4 Å². The van der Waals surface area contributed by atoms with Gasteiger partial charge in [0.1, 0.15) is 12.7 Å². The first kappa shape index (κ1) is 18.5. The quantitative estimate of drug-likeness (QED) is 0.653. The summed E-state index contributed by atoms with van der Waals surface area (Å²) in [5, 5.41) is 15.9. The maximum atomic E-state index is 5.43. The fraction of sp³-hybridized carbons (Fsp3) is 0.545. The van der Waals surface area contributed by atoms with Gasteiger partial charge in [-0.05, 0) is 62.1 Å². The lowest BCUT2D eigenvalue weighted by molar-refractivity contribution is 0.283. The highest BCUT2D eigenvalue weighted by molar-refractivity contribution is 5.57. The number of nitrogens with one attached hydrogen (secondary N) is 1. The van der Waals surface area contributed by atoms with E-state index in [4.69, 9.17) is 4.52 Å². The van der Waals surface area contributed by atoms with Crippen LogP contribution in [0.4, 0.5) is 0 Å². The molecule has 5 rings (SSSR count). The monoisotopic (exact) mass is 392 g/mol. The Hall–Kier alpha value is -2.54. The number of nitrogens with zero attached hydrogens (tertiary/aromatic N) is 5. The lowest BCUT2D eigenvalue weighted by Gasteiger charge is -2.30. The number of rotatable bonds is 7. The predicted octanol–water partition coefficient (Wildman–Crippen LogP) is 4.04. The van der Waals surface area contributed by atoms with E-state index in [1.807, 2.05) is 12.7 Å². The highest BCUT2D eigenvalue weighted by Crippen LogP contribution is 2.39. The van der Waals surface area contributed by atoms with Gasteiger partial charge in [-0.2, -0.15) is 4.98 Å². The summed E-state index contributed by atoms with van der Waals surface area (Å²) in [6.07, 6.45) is 11.8. The van der Waals surface area contributed by atoms with E-state index < -0.39 is 0 Å². The highest BCUT2D eigenvalue weighted by atomic mass is 16.5. The molecule has 0 unspecified atom stereocenters. The van der Waals surface area contributed by atoms with Crippen LogP contribution in [-0.2, 0) is 13.0 Å². The van der Waals surface area contributed by atoms with Crippen molar-refractivity contribution in [2.24, 2.45) is 0 Å². The van der Waals surface area contributed by atoms with Crippen molar-refractivity contribution in [3.63, 3.8) is 0 Å². The fourth-order valence-corrected chi connectivity index (χ4v) is 4.39. The van der Waals surface area contributed by atoms with Crippen LogP contribution in [0.15, 0.2) is 35.4 Å². The minimum Gasteiger partial charge on any atom is -0.339 e. The second-order valence-corrected chi connectivity index (χ2v) is 8.37. The van der Waals surface area contributed by atoms with Gasteiger partial charge in [-0.1, -0.05) is 24.2 Å². The fourth-order valence-electron chi connectivity index (χ4n) is 4.39. The first-order chi connectivity index (χ1) is 14.3. The van der Waals surface area contributed by atoms with E-state index in [0.29, 0.717) is 23.8 Å². The van der Waals surface area contributed by atoms with Gasteiger partial charge in [0.25, 0.3) is 0 Å². The summed E-state index contributed by atoms with van der Waals surface area (Å²) in [5.41, 5.74) is 3.75. The SMILES string of the molecule is CCc1cc(-c2noc(C3CC3)n2)ccc1CN[C@H]1CCC[C@@H](n2cnnc2)C1. The molecule has 0 saturated heterocycles. The Balaban J connectivity index is 1.24. The van der Waals surface area contributed by atoms with Crippen molar-refractivity contribution in [3.8, 4) is 11.4 Å². The Labute approximate surface area is 170 Å². The van der Waals surface area contributed by atoms with Crippen LogP contribution in [0.2, 0.25) is 0 Å². The summed E-state index contributed by atoms with van der Waals surface area (Å²) in [6.45, 7) is 3.10. The molecule has 1 aromatic carbocycles. The van der Waals surface area contributed by atoms with Crippen molar-refractivity contribution in [2.75, 3.05) is 0 Å². The number of aryl methyl sites for hydroxylation is 1. The molecule has 2 aliphatic rings. The van der Waals surface area contributed by atoms with Crippen LogP contribution >= 0.6 is 0 Å². The average molecular weight is 393 g/mol. The summed E-state index contributed by atoms with van der Waals surface area (Å²) in [6, 6.07) is 7.59. The van der Waals surface area contributed by atoms with Gasteiger partial charge in [0, 0.05) is 30.1 Å². The molecule has 0 bridgehead atoms. The third-order valence-corrected chi connectivity index (χ3v) is 6.30. The largest absolute Gasteiger partial charge is 0.339 e. The van der Waals surface area contributed by atoms with Gasteiger partial charge in [0.15, 0.2) is 0 Å². The Morgan fingerprint density at radius 3 is 2.76 bits per heavy atom. The summed E-state index contributed by atoms with van der Waals surface area (Å²) in [5.74, 6) is 2.00. The van der Waals surface area contributed by atoms with Crippen molar-refractivity contribution in [3.05, 3.63) is 47.9 Å². The minimum atomic E-state index is 0.489. The van der Waals surface area contributed by atoms with E-state index >= 15 is 0 Å². The van der Waals surface area contributed by atoms with Gasteiger partial charge in [0.05, 0.1) is 0 Å². The predicted molar refractivity (Wildman–Crippen MR) is 109 cm³/mol. The second kappa shape index (κ2) is 8.06. The molecule has 7 heteroatoms. The van der Waals surface area contributed by atoms with Gasteiger partial charge in [-0.25, -0.2) is 0 Å². The zero-order valence-electron chi connectivity index (χ0n) is 16.9. The third kappa shape index (κ3) is 4.10. The van der Waals surface area contributed by atoms with Crippen molar-refractivity contribution >= 4 is 0 Å². The van der Waals surface area contributed by atoms with E-state index in [-0.39, 0.29) is 0 Å².